The summed E-state index contributed by atoms with van der Waals surface area (Å²) in [5.41, 5.74) is 3.45. The van der Waals surface area contributed by atoms with Crippen molar-refractivity contribution >= 4 is 51.2 Å². The van der Waals surface area contributed by atoms with Gasteiger partial charge in [0, 0.05) is 17.3 Å². The van der Waals surface area contributed by atoms with Crippen LogP contribution >= 0.6 is 23.2 Å². The van der Waals surface area contributed by atoms with Crippen molar-refractivity contribution in [2.24, 2.45) is 0 Å². The van der Waals surface area contributed by atoms with E-state index in [1.165, 1.54) is 18.3 Å². The van der Waals surface area contributed by atoms with E-state index < -0.39 is 5.82 Å². The van der Waals surface area contributed by atoms with E-state index in [2.05, 4.69) is 37.1 Å². The van der Waals surface area contributed by atoms with E-state index in [-0.39, 0.29) is 22.3 Å². The zero-order valence-corrected chi connectivity index (χ0v) is 19.4. The summed E-state index contributed by atoms with van der Waals surface area (Å²) in [4.78, 5) is 4.35. The number of fused-ring (bicyclic) bond motifs is 1. The first-order valence-corrected chi connectivity index (χ1v) is 11.2. The van der Waals surface area contributed by atoms with Gasteiger partial charge in [0.1, 0.15) is 11.8 Å². The molecule has 5 rings (SSSR count). The standard InChI is InChI=1S/C25H16Cl2FN7/c26-18-7-4-8-20(22(18)28)33-23-15(11-29)12-30-25-17(23)9-16(10-19(25)27)32-24(21-13-31-35-34-21)14-5-2-1-3-6-14/h1-10,12-13,24,32H,(H,30,33)(H,31,34,35)/t24-/m0/s1. The molecule has 0 fully saturated rings. The number of anilines is 3. The van der Waals surface area contributed by atoms with Crippen LogP contribution in [0.4, 0.5) is 21.5 Å². The average Bonchev–Trinajstić information content (AvgIpc) is 3.41. The fourth-order valence-corrected chi connectivity index (χ4v) is 4.23. The second-order valence-electron chi connectivity index (χ2n) is 7.62. The van der Waals surface area contributed by atoms with Crippen LogP contribution in [0.3, 0.4) is 0 Å². The van der Waals surface area contributed by atoms with Crippen molar-refractivity contribution in [1.29, 1.82) is 5.26 Å². The van der Waals surface area contributed by atoms with Crippen molar-refractivity contribution < 1.29 is 4.39 Å². The smallest absolute Gasteiger partial charge is 0.165 e. The Kier molecular flexibility index (Phi) is 6.19. The van der Waals surface area contributed by atoms with E-state index in [0.29, 0.717) is 33.0 Å². The monoisotopic (exact) mass is 503 g/mol. The quantitative estimate of drug-likeness (QED) is 0.240. The third kappa shape index (κ3) is 4.47. The lowest BCUT2D eigenvalue weighted by molar-refractivity contribution is 0.632. The average molecular weight is 504 g/mol. The van der Waals surface area contributed by atoms with Gasteiger partial charge in [-0.05, 0) is 29.8 Å². The predicted octanol–water partition coefficient (Wildman–Crippen LogP) is 6.62. The fourth-order valence-electron chi connectivity index (χ4n) is 3.79. The number of hydrogen-bond donors (Lipinski definition) is 3. The first-order valence-electron chi connectivity index (χ1n) is 10.5. The molecule has 0 saturated carbocycles. The summed E-state index contributed by atoms with van der Waals surface area (Å²) in [7, 11) is 0. The highest BCUT2D eigenvalue weighted by atomic mass is 35.5. The lowest BCUT2D eigenvalue weighted by Crippen LogP contribution is -2.13. The number of aromatic nitrogens is 4. The van der Waals surface area contributed by atoms with Crippen molar-refractivity contribution in [1.82, 2.24) is 20.4 Å². The molecule has 1 atom stereocenters. The zero-order chi connectivity index (χ0) is 24.4. The summed E-state index contributed by atoms with van der Waals surface area (Å²) in [6, 6.07) is 19.6. The summed E-state index contributed by atoms with van der Waals surface area (Å²) in [5, 5.41) is 27.8. The Morgan fingerprint density at radius 3 is 2.57 bits per heavy atom. The molecule has 2 aromatic heterocycles. The molecule has 0 aliphatic carbocycles. The Labute approximate surface area is 209 Å². The molecule has 0 unspecified atom stereocenters. The van der Waals surface area contributed by atoms with Gasteiger partial charge in [-0.1, -0.05) is 59.6 Å². The van der Waals surface area contributed by atoms with Gasteiger partial charge < -0.3 is 10.6 Å². The minimum atomic E-state index is -0.626. The van der Waals surface area contributed by atoms with Gasteiger partial charge in [0.2, 0.25) is 0 Å². The maximum Gasteiger partial charge on any atom is 0.165 e. The van der Waals surface area contributed by atoms with Gasteiger partial charge >= 0.3 is 0 Å². The lowest BCUT2D eigenvalue weighted by atomic mass is 10.0. The first-order chi connectivity index (χ1) is 17.0. The Balaban J connectivity index is 1.63. The molecule has 0 aliphatic rings. The van der Waals surface area contributed by atoms with Crippen LogP contribution in [0.15, 0.2) is 73.1 Å². The van der Waals surface area contributed by atoms with E-state index in [9.17, 15) is 9.65 Å². The number of nitrogens with zero attached hydrogens (tertiary/aromatic N) is 4. The SMILES string of the molecule is N#Cc1cnc2c(Cl)cc(N[C@@H](c3ccccc3)c3cn[nH]n3)cc2c1Nc1cccc(Cl)c1F. The second kappa shape index (κ2) is 9.58. The normalized spacial score (nSPS) is 11.7. The largest absolute Gasteiger partial charge is 0.373 e. The van der Waals surface area contributed by atoms with Crippen LogP contribution in [0.5, 0.6) is 0 Å². The van der Waals surface area contributed by atoms with Crippen LogP contribution in [0.1, 0.15) is 22.9 Å². The van der Waals surface area contributed by atoms with Crippen molar-refractivity contribution in [2.45, 2.75) is 6.04 Å². The van der Waals surface area contributed by atoms with E-state index in [1.807, 2.05) is 30.3 Å². The molecule has 0 amide bonds. The summed E-state index contributed by atoms with van der Waals surface area (Å²) in [6.07, 6.45) is 3.03. The maximum absolute atomic E-state index is 14.7. The van der Waals surface area contributed by atoms with E-state index in [1.54, 1.807) is 24.4 Å². The summed E-state index contributed by atoms with van der Waals surface area (Å²) in [6.45, 7) is 0. The van der Waals surface area contributed by atoms with Gasteiger partial charge in [-0.25, -0.2) is 4.39 Å². The molecule has 0 spiro atoms. The number of halogens is 3. The summed E-state index contributed by atoms with van der Waals surface area (Å²) < 4.78 is 14.7. The minimum absolute atomic E-state index is 0.0365. The first kappa shape index (κ1) is 22.6. The third-order valence-electron chi connectivity index (χ3n) is 5.43. The van der Waals surface area contributed by atoms with Crippen LogP contribution in [0, 0.1) is 17.1 Å². The van der Waals surface area contributed by atoms with Gasteiger partial charge in [0.05, 0.1) is 44.7 Å². The van der Waals surface area contributed by atoms with Crippen molar-refractivity contribution in [2.75, 3.05) is 10.6 Å². The zero-order valence-electron chi connectivity index (χ0n) is 17.9. The fraction of sp³-hybridized carbons (Fsp3) is 0.0400. The van der Waals surface area contributed by atoms with Gasteiger partial charge in [-0.3, -0.25) is 4.98 Å². The molecule has 172 valence electrons. The number of pyridine rings is 1. The Hall–Kier alpha value is -4.19. The molecule has 10 heteroatoms. The number of nitrogens with one attached hydrogen (secondary N) is 3. The van der Waals surface area contributed by atoms with E-state index in [4.69, 9.17) is 23.2 Å². The molecule has 0 saturated heterocycles. The molecule has 2 heterocycles. The third-order valence-corrected chi connectivity index (χ3v) is 6.01. The molecular weight excluding hydrogens is 488 g/mol. The molecule has 0 radical (unpaired) electrons. The highest BCUT2D eigenvalue weighted by Gasteiger charge is 2.19. The van der Waals surface area contributed by atoms with Gasteiger partial charge in [-0.2, -0.15) is 20.7 Å². The number of benzene rings is 3. The van der Waals surface area contributed by atoms with Crippen molar-refractivity contribution in [3.63, 3.8) is 0 Å². The van der Waals surface area contributed by atoms with E-state index in [0.717, 1.165) is 5.56 Å². The Bertz CT molecular complexity index is 1550. The molecule has 0 bridgehead atoms. The van der Waals surface area contributed by atoms with Gasteiger partial charge in [-0.15, -0.1) is 0 Å². The van der Waals surface area contributed by atoms with Crippen LogP contribution in [-0.2, 0) is 0 Å². The summed E-state index contributed by atoms with van der Waals surface area (Å²) >= 11 is 12.6. The van der Waals surface area contributed by atoms with E-state index >= 15 is 0 Å². The molecule has 3 aromatic carbocycles. The molecule has 3 N–H and O–H groups in total. The maximum atomic E-state index is 14.7. The number of rotatable bonds is 6. The highest BCUT2D eigenvalue weighted by Crippen LogP contribution is 2.37. The van der Waals surface area contributed by atoms with Crippen molar-refractivity contribution in [3.8, 4) is 6.07 Å². The van der Waals surface area contributed by atoms with Crippen LogP contribution < -0.4 is 10.6 Å². The van der Waals surface area contributed by atoms with Crippen LogP contribution in [0.2, 0.25) is 10.0 Å². The Morgan fingerprint density at radius 2 is 1.83 bits per heavy atom. The lowest BCUT2D eigenvalue weighted by Gasteiger charge is -2.20. The molecule has 0 aliphatic heterocycles. The van der Waals surface area contributed by atoms with Gasteiger partial charge in [0.15, 0.2) is 5.82 Å². The predicted molar refractivity (Wildman–Crippen MR) is 134 cm³/mol. The number of aromatic amines is 1. The number of H-pyrrole nitrogens is 1. The second-order valence-corrected chi connectivity index (χ2v) is 8.44. The van der Waals surface area contributed by atoms with Gasteiger partial charge in [0.25, 0.3) is 0 Å². The highest BCUT2D eigenvalue weighted by molar-refractivity contribution is 6.36. The molecule has 35 heavy (non-hydrogen) atoms. The molecular formula is C25H16Cl2FN7. The molecule has 7 nitrogen and oxygen atoms in total. The number of nitriles is 1. The Morgan fingerprint density at radius 1 is 1.00 bits per heavy atom. The van der Waals surface area contributed by atoms with Crippen molar-refractivity contribution in [3.05, 3.63) is 106 Å². The van der Waals surface area contributed by atoms with Crippen LogP contribution in [-0.4, -0.2) is 20.4 Å². The van der Waals surface area contributed by atoms with Crippen LogP contribution in [0.25, 0.3) is 10.9 Å². The molecule has 5 aromatic rings. The number of hydrogen-bond acceptors (Lipinski definition) is 6. The minimum Gasteiger partial charge on any atom is -0.373 e. The topological polar surface area (TPSA) is 102 Å². The summed E-state index contributed by atoms with van der Waals surface area (Å²) in [5.74, 6) is -0.626.